The summed E-state index contributed by atoms with van der Waals surface area (Å²) >= 11 is 0. The van der Waals surface area contributed by atoms with Gasteiger partial charge in [0.25, 0.3) is 0 Å². The van der Waals surface area contributed by atoms with Crippen molar-refractivity contribution in [1.29, 1.82) is 0 Å². The summed E-state index contributed by atoms with van der Waals surface area (Å²) in [5, 5.41) is 5.04. The summed E-state index contributed by atoms with van der Waals surface area (Å²) in [6.45, 7) is 6.02. The Kier molecular flexibility index (Phi) is 4.36. The molecule has 0 atom stereocenters. The first-order valence-corrected chi connectivity index (χ1v) is 7.10. The van der Waals surface area contributed by atoms with E-state index in [0.717, 1.165) is 22.0 Å². The minimum Gasteiger partial charge on any atom is -0.444 e. The van der Waals surface area contributed by atoms with Crippen molar-refractivity contribution in [1.82, 2.24) is 5.32 Å². The van der Waals surface area contributed by atoms with E-state index in [1.54, 1.807) is 0 Å². The van der Waals surface area contributed by atoms with Crippen LogP contribution in [0.4, 0.5) is 10.5 Å². The highest BCUT2D eigenvalue weighted by molar-refractivity contribution is 5.89. The summed E-state index contributed by atoms with van der Waals surface area (Å²) in [4.78, 5) is 11.6. The van der Waals surface area contributed by atoms with Crippen LogP contribution in [0.5, 0.6) is 0 Å². The number of hydrogen-bond acceptors (Lipinski definition) is 3. The van der Waals surface area contributed by atoms with Gasteiger partial charge in [0.1, 0.15) is 5.60 Å². The molecule has 0 spiro atoms. The molecule has 2 aromatic carbocycles. The van der Waals surface area contributed by atoms with Gasteiger partial charge in [0.05, 0.1) is 0 Å². The predicted octanol–water partition coefficient (Wildman–Crippen LogP) is 3.49. The van der Waals surface area contributed by atoms with Crippen LogP contribution in [0.3, 0.4) is 0 Å². The minimum absolute atomic E-state index is 0.402. The van der Waals surface area contributed by atoms with Crippen LogP contribution in [0.2, 0.25) is 0 Å². The lowest BCUT2D eigenvalue weighted by Gasteiger charge is -2.19. The number of benzene rings is 2. The Morgan fingerprint density at radius 1 is 1.19 bits per heavy atom. The molecule has 112 valence electrons. The SMILES string of the molecule is CC(C)(C)OC(=O)NCCc1c(N)ccc2ccccc12. The molecule has 3 N–H and O–H groups in total. The van der Waals surface area contributed by atoms with Crippen molar-refractivity contribution in [2.45, 2.75) is 32.8 Å². The number of nitrogens with two attached hydrogens (primary N) is 1. The average Bonchev–Trinajstić information content (AvgIpc) is 2.39. The van der Waals surface area contributed by atoms with E-state index in [0.29, 0.717) is 13.0 Å². The van der Waals surface area contributed by atoms with Gasteiger partial charge in [0.15, 0.2) is 0 Å². The van der Waals surface area contributed by atoms with Crippen LogP contribution in [0.15, 0.2) is 36.4 Å². The zero-order valence-corrected chi connectivity index (χ0v) is 12.8. The van der Waals surface area contributed by atoms with Crippen molar-refractivity contribution in [2.75, 3.05) is 12.3 Å². The number of carbonyl (C=O) groups is 1. The number of nitrogen functional groups attached to an aromatic ring is 1. The van der Waals surface area contributed by atoms with E-state index >= 15 is 0 Å². The third-order valence-electron chi connectivity index (χ3n) is 3.12. The van der Waals surface area contributed by atoms with E-state index in [1.807, 2.05) is 45.0 Å². The van der Waals surface area contributed by atoms with Gasteiger partial charge in [0, 0.05) is 12.2 Å². The average molecular weight is 286 g/mol. The molecule has 0 bridgehead atoms. The summed E-state index contributed by atoms with van der Waals surface area (Å²) in [6, 6.07) is 12.0. The monoisotopic (exact) mass is 286 g/mol. The molecule has 2 rings (SSSR count). The third-order valence-corrected chi connectivity index (χ3v) is 3.12. The smallest absolute Gasteiger partial charge is 0.407 e. The first-order valence-electron chi connectivity index (χ1n) is 7.10. The Labute approximate surface area is 125 Å². The van der Waals surface area contributed by atoms with Gasteiger partial charge in [-0.1, -0.05) is 30.3 Å². The fraction of sp³-hybridized carbons (Fsp3) is 0.353. The van der Waals surface area contributed by atoms with Gasteiger partial charge < -0.3 is 15.8 Å². The first kappa shape index (κ1) is 15.2. The number of rotatable bonds is 3. The van der Waals surface area contributed by atoms with E-state index in [4.69, 9.17) is 10.5 Å². The highest BCUT2D eigenvalue weighted by Gasteiger charge is 2.15. The van der Waals surface area contributed by atoms with E-state index in [2.05, 4.69) is 17.4 Å². The van der Waals surface area contributed by atoms with Gasteiger partial charge in [-0.25, -0.2) is 4.79 Å². The van der Waals surface area contributed by atoms with Gasteiger partial charge in [-0.2, -0.15) is 0 Å². The van der Waals surface area contributed by atoms with Crippen LogP contribution in [-0.4, -0.2) is 18.2 Å². The number of alkyl carbamates (subject to hydrolysis) is 1. The molecule has 0 fully saturated rings. The topological polar surface area (TPSA) is 64.3 Å². The van der Waals surface area contributed by atoms with Crippen LogP contribution in [0.25, 0.3) is 10.8 Å². The lowest BCUT2D eigenvalue weighted by atomic mass is 10.0. The second kappa shape index (κ2) is 6.04. The molecule has 4 heteroatoms. The summed E-state index contributed by atoms with van der Waals surface area (Å²) < 4.78 is 5.21. The predicted molar refractivity (Wildman–Crippen MR) is 86.3 cm³/mol. The highest BCUT2D eigenvalue weighted by Crippen LogP contribution is 2.24. The summed E-state index contributed by atoms with van der Waals surface area (Å²) in [6.07, 6.45) is 0.271. The summed E-state index contributed by atoms with van der Waals surface area (Å²) in [5.41, 5.74) is 7.39. The zero-order chi connectivity index (χ0) is 15.5. The lowest BCUT2D eigenvalue weighted by Crippen LogP contribution is -2.33. The fourth-order valence-electron chi connectivity index (χ4n) is 2.24. The summed E-state index contributed by atoms with van der Waals surface area (Å²) in [5.74, 6) is 0. The van der Waals surface area contributed by atoms with Crippen LogP contribution in [0.1, 0.15) is 26.3 Å². The van der Waals surface area contributed by atoms with Crippen LogP contribution >= 0.6 is 0 Å². The Hall–Kier alpha value is -2.23. The Bertz CT molecular complexity index is 645. The van der Waals surface area contributed by atoms with Gasteiger partial charge in [-0.3, -0.25) is 0 Å². The zero-order valence-electron chi connectivity index (χ0n) is 12.8. The van der Waals surface area contributed by atoms with Crippen LogP contribution < -0.4 is 11.1 Å². The second-order valence-corrected chi connectivity index (χ2v) is 6.03. The molecule has 0 unspecified atom stereocenters. The van der Waals surface area contributed by atoms with Crippen molar-refractivity contribution in [3.8, 4) is 0 Å². The second-order valence-electron chi connectivity index (χ2n) is 6.03. The van der Waals surface area contributed by atoms with Crippen molar-refractivity contribution < 1.29 is 9.53 Å². The number of amides is 1. The first-order chi connectivity index (χ1) is 9.87. The number of fused-ring (bicyclic) bond motifs is 1. The Balaban J connectivity index is 2.04. The maximum atomic E-state index is 11.6. The highest BCUT2D eigenvalue weighted by atomic mass is 16.6. The standard InChI is InChI=1S/C17H22N2O2/c1-17(2,3)21-16(20)19-11-10-14-13-7-5-4-6-12(13)8-9-15(14)18/h4-9H,10-11,18H2,1-3H3,(H,19,20). The van der Waals surface area contributed by atoms with Gasteiger partial charge >= 0.3 is 6.09 Å². The molecule has 0 saturated heterocycles. The largest absolute Gasteiger partial charge is 0.444 e. The molecule has 4 nitrogen and oxygen atoms in total. The molecule has 0 aromatic heterocycles. The van der Waals surface area contributed by atoms with Gasteiger partial charge in [-0.15, -0.1) is 0 Å². The van der Waals surface area contributed by atoms with E-state index in [1.165, 1.54) is 0 Å². The Morgan fingerprint density at radius 3 is 2.62 bits per heavy atom. The molecule has 1 amide bonds. The lowest BCUT2D eigenvalue weighted by molar-refractivity contribution is 0.0528. The van der Waals surface area contributed by atoms with Gasteiger partial charge in [0.2, 0.25) is 0 Å². The molecule has 2 aromatic rings. The van der Waals surface area contributed by atoms with Crippen molar-refractivity contribution in [3.63, 3.8) is 0 Å². The molecule has 0 aliphatic heterocycles. The maximum Gasteiger partial charge on any atom is 0.407 e. The quantitative estimate of drug-likeness (QED) is 0.849. The minimum atomic E-state index is -0.484. The number of carbonyl (C=O) groups excluding carboxylic acids is 1. The Morgan fingerprint density at radius 2 is 1.90 bits per heavy atom. The molecule has 0 aliphatic rings. The van der Waals surface area contributed by atoms with E-state index < -0.39 is 11.7 Å². The van der Waals surface area contributed by atoms with E-state index in [-0.39, 0.29) is 0 Å². The molecule has 0 radical (unpaired) electrons. The molecular weight excluding hydrogens is 264 g/mol. The number of ether oxygens (including phenoxy) is 1. The summed E-state index contributed by atoms with van der Waals surface area (Å²) in [7, 11) is 0. The van der Waals surface area contributed by atoms with Crippen molar-refractivity contribution >= 4 is 22.6 Å². The third kappa shape index (κ3) is 4.12. The van der Waals surface area contributed by atoms with Gasteiger partial charge in [-0.05, 0) is 49.6 Å². The fourth-order valence-corrected chi connectivity index (χ4v) is 2.24. The molecule has 0 aliphatic carbocycles. The van der Waals surface area contributed by atoms with Crippen molar-refractivity contribution in [3.05, 3.63) is 42.0 Å². The number of nitrogens with one attached hydrogen (secondary N) is 1. The molecule has 21 heavy (non-hydrogen) atoms. The maximum absolute atomic E-state index is 11.6. The molecule has 0 saturated carbocycles. The van der Waals surface area contributed by atoms with Crippen molar-refractivity contribution in [2.24, 2.45) is 0 Å². The van der Waals surface area contributed by atoms with Crippen LogP contribution in [0, 0.1) is 0 Å². The normalized spacial score (nSPS) is 11.4. The molecular formula is C17H22N2O2. The number of hydrogen-bond donors (Lipinski definition) is 2. The van der Waals surface area contributed by atoms with E-state index in [9.17, 15) is 4.79 Å². The van der Waals surface area contributed by atoms with Crippen LogP contribution in [-0.2, 0) is 11.2 Å². The number of anilines is 1. The molecule has 0 heterocycles.